The van der Waals surface area contributed by atoms with Crippen molar-refractivity contribution in [3.8, 4) is 0 Å². The molecule has 0 atom stereocenters. The van der Waals surface area contributed by atoms with Crippen LogP contribution in [0, 0.1) is 13.8 Å². The van der Waals surface area contributed by atoms with Gasteiger partial charge in [-0.2, -0.15) is 5.10 Å². The van der Waals surface area contributed by atoms with Crippen LogP contribution in [0.5, 0.6) is 0 Å². The molecule has 1 aliphatic heterocycles. The van der Waals surface area contributed by atoms with Crippen molar-refractivity contribution in [1.82, 2.24) is 24.6 Å². The van der Waals surface area contributed by atoms with Gasteiger partial charge in [-0.3, -0.25) is 14.5 Å². The van der Waals surface area contributed by atoms with Gasteiger partial charge >= 0.3 is 0 Å². The van der Waals surface area contributed by atoms with Gasteiger partial charge in [-0.25, -0.2) is 4.98 Å². The maximum Gasteiger partial charge on any atom is 0.274 e. The Morgan fingerprint density at radius 2 is 2.00 bits per heavy atom. The number of aromatic nitrogens is 4. The number of hydrogen-bond acceptors (Lipinski definition) is 5. The summed E-state index contributed by atoms with van der Waals surface area (Å²) < 4.78 is 1.66. The van der Waals surface area contributed by atoms with Crippen LogP contribution in [0.3, 0.4) is 0 Å². The van der Waals surface area contributed by atoms with Gasteiger partial charge in [0.1, 0.15) is 11.5 Å². The summed E-state index contributed by atoms with van der Waals surface area (Å²) in [7, 11) is 1.82. The minimum absolute atomic E-state index is 0.000464. The Bertz CT molecular complexity index is 710. The fourth-order valence-corrected chi connectivity index (χ4v) is 2.85. The molecule has 2 aromatic rings. The van der Waals surface area contributed by atoms with E-state index in [4.69, 9.17) is 0 Å². The average molecular weight is 314 g/mol. The molecule has 0 spiro atoms. The van der Waals surface area contributed by atoms with Crippen molar-refractivity contribution in [1.29, 1.82) is 0 Å². The largest absolute Gasteiger partial charge is 0.353 e. The molecule has 1 aliphatic rings. The first-order valence-electron chi connectivity index (χ1n) is 7.88. The fourth-order valence-electron chi connectivity index (χ4n) is 2.85. The second kappa shape index (κ2) is 6.36. The molecule has 122 valence electrons. The van der Waals surface area contributed by atoms with Crippen molar-refractivity contribution in [2.24, 2.45) is 7.05 Å². The number of amides is 1. The summed E-state index contributed by atoms with van der Waals surface area (Å²) in [4.78, 5) is 25.6. The predicted molar refractivity (Wildman–Crippen MR) is 87.4 cm³/mol. The van der Waals surface area contributed by atoms with E-state index in [1.54, 1.807) is 23.1 Å². The summed E-state index contributed by atoms with van der Waals surface area (Å²) in [6, 6.07) is 1.77. The second-order valence-corrected chi connectivity index (χ2v) is 5.93. The van der Waals surface area contributed by atoms with Crippen LogP contribution < -0.4 is 4.90 Å². The van der Waals surface area contributed by atoms with Gasteiger partial charge in [-0.1, -0.05) is 0 Å². The molecule has 0 aliphatic carbocycles. The van der Waals surface area contributed by atoms with Crippen LogP contribution >= 0.6 is 0 Å². The number of carbonyl (C=O) groups is 1. The third kappa shape index (κ3) is 3.33. The lowest BCUT2D eigenvalue weighted by molar-refractivity contribution is 0.0760. The number of rotatable bonds is 2. The molecular formula is C16H22N6O. The van der Waals surface area contributed by atoms with Gasteiger partial charge in [0.2, 0.25) is 0 Å². The van der Waals surface area contributed by atoms with Crippen molar-refractivity contribution >= 4 is 11.7 Å². The van der Waals surface area contributed by atoms with Crippen molar-refractivity contribution in [2.45, 2.75) is 20.3 Å². The highest BCUT2D eigenvalue weighted by Gasteiger charge is 2.23. The van der Waals surface area contributed by atoms with E-state index in [9.17, 15) is 4.79 Å². The molecule has 1 saturated heterocycles. The summed E-state index contributed by atoms with van der Waals surface area (Å²) in [6.07, 6.45) is 4.49. The van der Waals surface area contributed by atoms with Gasteiger partial charge < -0.3 is 9.80 Å². The molecule has 0 radical (unpaired) electrons. The predicted octanol–water partition coefficient (Wildman–Crippen LogP) is 1.18. The minimum atomic E-state index is -0.000464. The van der Waals surface area contributed by atoms with Crippen LogP contribution in [0.4, 0.5) is 5.82 Å². The van der Waals surface area contributed by atoms with E-state index in [2.05, 4.69) is 20.0 Å². The first-order chi connectivity index (χ1) is 11.0. The number of carbonyl (C=O) groups excluding carboxylic acids is 1. The van der Waals surface area contributed by atoms with E-state index in [0.29, 0.717) is 12.2 Å². The lowest BCUT2D eigenvalue weighted by Gasteiger charge is -2.23. The Morgan fingerprint density at radius 1 is 1.17 bits per heavy atom. The Kier molecular flexibility index (Phi) is 4.27. The molecule has 7 nitrogen and oxygen atoms in total. The highest BCUT2D eigenvalue weighted by atomic mass is 16.2. The van der Waals surface area contributed by atoms with E-state index >= 15 is 0 Å². The SMILES string of the molecule is Cc1cnc(C)c(N2CCCN(C(=O)c3ccn(C)n3)CC2)n1. The van der Waals surface area contributed by atoms with Crippen molar-refractivity contribution in [2.75, 3.05) is 31.1 Å². The second-order valence-electron chi connectivity index (χ2n) is 5.93. The molecule has 1 amide bonds. The quantitative estimate of drug-likeness (QED) is 0.833. The summed E-state index contributed by atoms with van der Waals surface area (Å²) >= 11 is 0. The first kappa shape index (κ1) is 15.5. The van der Waals surface area contributed by atoms with E-state index in [0.717, 1.165) is 43.3 Å². The van der Waals surface area contributed by atoms with Gasteiger partial charge in [-0.05, 0) is 26.3 Å². The molecule has 0 bridgehead atoms. The van der Waals surface area contributed by atoms with Crippen LogP contribution in [0.25, 0.3) is 0 Å². The van der Waals surface area contributed by atoms with Gasteiger partial charge in [-0.15, -0.1) is 0 Å². The molecule has 2 aromatic heterocycles. The van der Waals surface area contributed by atoms with Gasteiger partial charge in [0.05, 0.1) is 11.4 Å². The summed E-state index contributed by atoms with van der Waals surface area (Å²) in [5.74, 6) is 0.927. The third-order valence-corrected chi connectivity index (χ3v) is 4.07. The third-order valence-electron chi connectivity index (χ3n) is 4.07. The summed E-state index contributed by atoms with van der Waals surface area (Å²) in [6.45, 7) is 6.98. The zero-order valence-corrected chi connectivity index (χ0v) is 13.9. The van der Waals surface area contributed by atoms with Crippen LogP contribution in [-0.4, -0.2) is 56.7 Å². The monoisotopic (exact) mass is 314 g/mol. The van der Waals surface area contributed by atoms with Gasteiger partial charge in [0.15, 0.2) is 0 Å². The highest BCUT2D eigenvalue weighted by Crippen LogP contribution is 2.18. The normalized spacial score (nSPS) is 15.6. The molecule has 23 heavy (non-hydrogen) atoms. The molecule has 0 N–H and O–H groups in total. The van der Waals surface area contributed by atoms with E-state index in [1.165, 1.54) is 0 Å². The van der Waals surface area contributed by atoms with Crippen molar-refractivity contribution in [3.63, 3.8) is 0 Å². The molecular weight excluding hydrogens is 292 g/mol. The Balaban J connectivity index is 1.72. The standard InChI is InChI=1S/C16H22N6O/c1-12-11-17-13(2)15(18-12)21-6-4-7-22(10-9-21)16(23)14-5-8-20(3)19-14/h5,8,11H,4,6-7,9-10H2,1-3H3. The Morgan fingerprint density at radius 3 is 2.74 bits per heavy atom. The van der Waals surface area contributed by atoms with Crippen LogP contribution in [-0.2, 0) is 7.05 Å². The minimum Gasteiger partial charge on any atom is -0.353 e. The molecule has 7 heteroatoms. The highest BCUT2D eigenvalue weighted by molar-refractivity contribution is 5.92. The zero-order valence-electron chi connectivity index (χ0n) is 13.9. The number of anilines is 1. The lowest BCUT2D eigenvalue weighted by Crippen LogP contribution is -2.36. The molecule has 0 aromatic carbocycles. The first-order valence-corrected chi connectivity index (χ1v) is 7.88. The Hall–Kier alpha value is -2.44. The number of nitrogens with zero attached hydrogens (tertiary/aromatic N) is 6. The number of aryl methyl sites for hydroxylation is 3. The van der Waals surface area contributed by atoms with E-state index < -0.39 is 0 Å². The molecule has 0 unspecified atom stereocenters. The average Bonchev–Trinajstić information content (AvgIpc) is 2.82. The molecule has 3 rings (SSSR count). The lowest BCUT2D eigenvalue weighted by atomic mass is 10.3. The van der Waals surface area contributed by atoms with Crippen LogP contribution in [0.2, 0.25) is 0 Å². The van der Waals surface area contributed by atoms with Crippen molar-refractivity contribution in [3.05, 3.63) is 35.5 Å². The van der Waals surface area contributed by atoms with E-state index in [1.807, 2.05) is 25.8 Å². The molecule has 3 heterocycles. The maximum absolute atomic E-state index is 12.5. The van der Waals surface area contributed by atoms with Crippen LogP contribution in [0.15, 0.2) is 18.5 Å². The number of hydrogen-bond donors (Lipinski definition) is 0. The maximum atomic E-state index is 12.5. The molecule has 0 saturated carbocycles. The van der Waals surface area contributed by atoms with Gasteiger partial charge in [0.25, 0.3) is 5.91 Å². The summed E-state index contributed by atoms with van der Waals surface area (Å²) in [5.41, 5.74) is 2.35. The topological polar surface area (TPSA) is 67.2 Å². The Labute approximate surface area is 135 Å². The zero-order chi connectivity index (χ0) is 16.4. The molecule has 1 fully saturated rings. The van der Waals surface area contributed by atoms with Crippen LogP contribution in [0.1, 0.15) is 28.3 Å². The van der Waals surface area contributed by atoms with E-state index in [-0.39, 0.29) is 5.91 Å². The van der Waals surface area contributed by atoms with Crippen molar-refractivity contribution < 1.29 is 4.79 Å². The summed E-state index contributed by atoms with van der Waals surface area (Å²) in [5, 5.41) is 4.21. The smallest absolute Gasteiger partial charge is 0.274 e. The van der Waals surface area contributed by atoms with Gasteiger partial charge in [0, 0.05) is 45.6 Å². The fraction of sp³-hybridized carbons (Fsp3) is 0.500.